The number of benzene rings is 1. The molecule has 0 aliphatic heterocycles. The SMILES string of the molecule is CCC(=O)NCCC(=O)N[C@@H](CO)C(=O)NCCc1ccc(NC(=O)C(=O)O)cc1. The van der Waals surface area contributed by atoms with Gasteiger partial charge in [-0.1, -0.05) is 19.1 Å². The molecule has 30 heavy (non-hydrogen) atoms. The maximum absolute atomic E-state index is 12.1. The largest absolute Gasteiger partial charge is 0.474 e. The van der Waals surface area contributed by atoms with Gasteiger partial charge in [-0.25, -0.2) is 4.79 Å². The number of carboxylic acid groups (broad SMARTS) is 1. The second-order valence-electron chi connectivity index (χ2n) is 6.25. The van der Waals surface area contributed by atoms with Gasteiger partial charge in [-0.15, -0.1) is 0 Å². The van der Waals surface area contributed by atoms with Gasteiger partial charge in [-0.3, -0.25) is 19.2 Å². The van der Waals surface area contributed by atoms with Crippen molar-refractivity contribution in [1.82, 2.24) is 16.0 Å². The molecule has 0 heterocycles. The lowest BCUT2D eigenvalue weighted by molar-refractivity contribution is -0.147. The van der Waals surface area contributed by atoms with Gasteiger partial charge in [0.1, 0.15) is 6.04 Å². The quantitative estimate of drug-likeness (QED) is 0.242. The number of carbonyl (C=O) groups is 5. The highest BCUT2D eigenvalue weighted by atomic mass is 16.4. The Morgan fingerprint density at radius 2 is 1.63 bits per heavy atom. The Morgan fingerprint density at radius 1 is 0.967 bits per heavy atom. The van der Waals surface area contributed by atoms with E-state index < -0.39 is 36.3 Å². The standard InChI is InChI=1S/C19H26N4O7/c1-2-15(25)20-10-8-16(26)23-14(11-24)17(27)21-9-7-12-3-5-13(6-4-12)22-18(28)19(29)30/h3-6,14,24H,2,7-11H2,1H3,(H,20,25)(H,21,27)(H,22,28)(H,23,26)(H,29,30)/t14-/m0/s1. The van der Waals surface area contributed by atoms with Gasteiger partial charge in [0, 0.05) is 31.6 Å². The van der Waals surface area contributed by atoms with Crippen LogP contribution in [-0.4, -0.2) is 65.5 Å². The molecule has 0 aromatic heterocycles. The van der Waals surface area contributed by atoms with Crippen LogP contribution in [0.3, 0.4) is 0 Å². The van der Waals surface area contributed by atoms with Crippen molar-refractivity contribution in [2.24, 2.45) is 0 Å². The Hall–Kier alpha value is -3.47. The summed E-state index contributed by atoms with van der Waals surface area (Å²) in [6.45, 7) is 1.49. The number of aliphatic carboxylic acids is 1. The number of aliphatic hydroxyl groups is 1. The molecule has 0 spiro atoms. The van der Waals surface area contributed by atoms with Crippen LogP contribution in [0, 0.1) is 0 Å². The lowest BCUT2D eigenvalue weighted by Gasteiger charge is -2.16. The van der Waals surface area contributed by atoms with E-state index in [1.54, 1.807) is 19.1 Å². The van der Waals surface area contributed by atoms with Crippen LogP contribution in [0.25, 0.3) is 0 Å². The van der Waals surface area contributed by atoms with Crippen LogP contribution < -0.4 is 21.3 Å². The Morgan fingerprint density at radius 3 is 2.20 bits per heavy atom. The minimum atomic E-state index is -1.59. The van der Waals surface area contributed by atoms with E-state index in [1.165, 1.54) is 12.1 Å². The number of aliphatic hydroxyl groups excluding tert-OH is 1. The maximum Gasteiger partial charge on any atom is 0.394 e. The molecule has 4 amide bonds. The first-order valence-corrected chi connectivity index (χ1v) is 9.34. The van der Waals surface area contributed by atoms with Crippen molar-refractivity contribution in [3.8, 4) is 0 Å². The molecular weight excluding hydrogens is 396 g/mol. The molecule has 0 aliphatic rings. The fourth-order valence-electron chi connectivity index (χ4n) is 2.29. The van der Waals surface area contributed by atoms with E-state index >= 15 is 0 Å². The van der Waals surface area contributed by atoms with Gasteiger partial charge < -0.3 is 31.5 Å². The van der Waals surface area contributed by atoms with E-state index in [0.717, 1.165) is 5.56 Å². The number of carbonyl (C=O) groups excluding carboxylic acids is 4. The summed E-state index contributed by atoms with van der Waals surface area (Å²) in [7, 11) is 0. The van der Waals surface area contributed by atoms with Crippen LogP contribution in [0.2, 0.25) is 0 Å². The number of hydrogen-bond acceptors (Lipinski definition) is 6. The monoisotopic (exact) mass is 422 g/mol. The van der Waals surface area contributed by atoms with E-state index in [-0.39, 0.29) is 25.4 Å². The maximum atomic E-state index is 12.1. The predicted molar refractivity (Wildman–Crippen MR) is 106 cm³/mol. The Labute approximate surface area is 173 Å². The van der Waals surface area contributed by atoms with Gasteiger partial charge in [0.15, 0.2) is 0 Å². The molecule has 0 fully saturated rings. The van der Waals surface area contributed by atoms with Crippen LogP contribution in [-0.2, 0) is 30.4 Å². The van der Waals surface area contributed by atoms with E-state index in [0.29, 0.717) is 18.5 Å². The highest BCUT2D eigenvalue weighted by Crippen LogP contribution is 2.09. The summed E-state index contributed by atoms with van der Waals surface area (Å²) >= 11 is 0. The van der Waals surface area contributed by atoms with Gasteiger partial charge in [-0.05, 0) is 24.1 Å². The summed E-state index contributed by atoms with van der Waals surface area (Å²) in [6.07, 6.45) is 0.733. The molecule has 164 valence electrons. The van der Waals surface area contributed by atoms with Crippen molar-refractivity contribution < 1.29 is 34.2 Å². The van der Waals surface area contributed by atoms with Crippen molar-refractivity contribution >= 4 is 35.3 Å². The van der Waals surface area contributed by atoms with Gasteiger partial charge >= 0.3 is 11.9 Å². The Kier molecular flexibility index (Phi) is 10.6. The molecule has 6 N–H and O–H groups in total. The molecule has 1 atom stereocenters. The van der Waals surface area contributed by atoms with Crippen LogP contribution in [0.15, 0.2) is 24.3 Å². The number of hydrogen-bond donors (Lipinski definition) is 6. The lowest BCUT2D eigenvalue weighted by Crippen LogP contribution is -2.49. The third-order valence-corrected chi connectivity index (χ3v) is 3.95. The highest BCUT2D eigenvalue weighted by molar-refractivity contribution is 6.36. The molecule has 0 saturated heterocycles. The van der Waals surface area contributed by atoms with Crippen LogP contribution in [0.1, 0.15) is 25.3 Å². The fraction of sp³-hybridized carbons (Fsp3) is 0.421. The zero-order chi connectivity index (χ0) is 22.5. The smallest absolute Gasteiger partial charge is 0.394 e. The average Bonchev–Trinajstić information content (AvgIpc) is 2.72. The summed E-state index contributed by atoms with van der Waals surface area (Å²) in [4.78, 5) is 56.6. The molecule has 0 saturated carbocycles. The van der Waals surface area contributed by atoms with Gasteiger partial charge in [0.05, 0.1) is 6.61 Å². The minimum absolute atomic E-state index is 0.0136. The molecule has 0 unspecified atom stereocenters. The summed E-state index contributed by atoms with van der Waals surface area (Å²) in [5.41, 5.74) is 1.15. The zero-order valence-electron chi connectivity index (χ0n) is 16.6. The van der Waals surface area contributed by atoms with E-state index in [2.05, 4.69) is 21.3 Å². The zero-order valence-corrected chi connectivity index (χ0v) is 16.6. The highest BCUT2D eigenvalue weighted by Gasteiger charge is 2.19. The van der Waals surface area contributed by atoms with Crippen molar-refractivity contribution in [3.05, 3.63) is 29.8 Å². The molecule has 1 aromatic rings. The first kappa shape index (κ1) is 24.6. The molecule has 1 rings (SSSR count). The molecule has 0 bridgehead atoms. The van der Waals surface area contributed by atoms with Crippen molar-refractivity contribution in [2.45, 2.75) is 32.2 Å². The summed E-state index contributed by atoms with van der Waals surface area (Å²) in [5.74, 6) is -3.93. The average molecular weight is 422 g/mol. The number of carboxylic acids is 1. The van der Waals surface area contributed by atoms with Gasteiger partial charge in [0.2, 0.25) is 17.7 Å². The van der Waals surface area contributed by atoms with Gasteiger partial charge in [-0.2, -0.15) is 0 Å². The number of amides is 4. The summed E-state index contributed by atoms with van der Waals surface area (Å²) < 4.78 is 0. The van der Waals surface area contributed by atoms with Gasteiger partial charge in [0.25, 0.3) is 0 Å². The van der Waals surface area contributed by atoms with Crippen molar-refractivity contribution in [1.29, 1.82) is 0 Å². The lowest BCUT2D eigenvalue weighted by atomic mass is 10.1. The third kappa shape index (κ3) is 9.15. The second-order valence-corrected chi connectivity index (χ2v) is 6.25. The van der Waals surface area contributed by atoms with Crippen LogP contribution in [0.4, 0.5) is 5.69 Å². The van der Waals surface area contributed by atoms with Crippen LogP contribution in [0.5, 0.6) is 0 Å². The Balaban J connectivity index is 2.39. The normalized spacial score (nSPS) is 11.1. The summed E-state index contributed by atoms with van der Waals surface area (Å²) in [6, 6.07) is 5.30. The molecule has 11 nitrogen and oxygen atoms in total. The topological polar surface area (TPSA) is 174 Å². The first-order valence-electron chi connectivity index (χ1n) is 9.34. The minimum Gasteiger partial charge on any atom is -0.474 e. The molecular formula is C19H26N4O7. The molecule has 0 radical (unpaired) electrons. The van der Waals surface area contributed by atoms with E-state index in [1.807, 2.05) is 0 Å². The Bertz CT molecular complexity index is 765. The number of rotatable bonds is 11. The molecule has 0 aliphatic carbocycles. The molecule has 1 aromatic carbocycles. The van der Waals surface area contributed by atoms with E-state index in [4.69, 9.17) is 5.11 Å². The molecule has 11 heteroatoms. The van der Waals surface area contributed by atoms with E-state index in [9.17, 15) is 29.1 Å². The van der Waals surface area contributed by atoms with Crippen LogP contribution >= 0.6 is 0 Å². The predicted octanol–water partition coefficient (Wildman–Crippen LogP) is -1.24. The fourth-order valence-corrected chi connectivity index (χ4v) is 2.29. The van der Waals surface area contributed by atoms with Crippen molar-refractivity contribution in [3.63, 3.8) is 0 Å². The third-order valence-electron chi connectivity index (χ3n) is 3.95. The first-order chi connectivity index (χ1) is 14.3. The second kappa shape index (κ2) is 12.9. The number of anilines is 1. The number of nitrogens with one attached hydrogen (secondary N) is 4. The summed E-state index contributed by atoms with van der Waals surface area (Å²) in [5, 5.41) is 27.6. The van der Waals surface area contributed by atoms with Crippen molar-refractivity contribution in [2.75, 3.05) is 25.0 Å².